The van der Waals surface area contributed by atoms with Gasteiger partial charge in [0.15, 0.2) is 0 Å². The minimum absolute atomic E-state index is 0.0999. The van der Waals surface area contributed by atoms with E-state index in [2.05, 4.69) is 15.4 Å². The third-order valence-corrected chi connectivity index (χ3v) is 6.13. The second-order valence-electron chi connectivity index (χ2n) is 8.41. The summed E-state index contributed by atoms with van der Waals surface area (Å²) in [4.78, 5) is 30.9. The number of hydrogen-bond donors (Lipinski definition) is 1. The fourth-order valence-electron chi connectivity index (χ4n) is 4.43. The molecule has 0 aliphatic carbocycles. The van der Waals surface area contributed by atoms with Crippen molar-refractivity contribution < 1.29 is 14.3 Å². The van der Waals surface area contributed by atoms with Gasteiger partial charge in [-0.25, -0.2) is 0 Å². The lowest BCUT2D eigenvalue weighted by molar-refractivity contribution is -0.147. The number of piperidine rings is 1. The molecule has 1 spiro atoms. The molecule has 1 N–H and O–H groups in total. The van der Waals surface area contributed by atoms with Gasteiger partial charge in [-0.3, -0.25) is 19.3 Å². The molecule has 30 heavy (non-hydrogen) atoms. The van der Waals surface area contributed by atoms with E-state index in [1.54, 1.807) is 29.2 Å². The van der Waals surface area contributed by atoms with Gasteiger partial charge in [-0.15, -0.1) is 0 Å². The molecule has 2 aliphatic rings. The molecule has 2 fully saturated rings. The Bertz CT molecular complexity index is 874. The average Bonchev–Trinajstić information content (AvgIpc) is 3.17. The van der Waals surface area contributed by atoms with E-state index in [0.717, 1.165) is 31.2 Å². The van der Waals surface area contributed by atoms with Crippen LogP contribution in [-0.4, -0.2) is 63.3 Å². The number of nitrogens with zero attached hydrogens (tertiary/aromatic N) is 4. The zero-order valence-corrected chi connectivity index (χ0v) is 17.4. The summed E-state index contributed by atoms with van der Waals surface area (Å²) in [5.41, 5.74) is 1.31. The average molecular weight is 412 g/mol. The summed E-state index contributed by atoms with van der Waals surface area (Å²) in [5, 5.41) is 7.22. The van der Waals surface area contributed by atoms with Crippen molar-refractivity contribution >= 4 is 11.8 Å². The summed E-state index contributed by atoms with van der Waals surface area (Å²) >= 11 is 0. The molecule has 160 valence electrons. The van der Waals surface area contributed by atoms with Crippen molar-refractivity contribution in [1.29, 1.82) is 0 Å². The number of ether oxygens (including phenoxy) is 1. The first-order chi connectivity index (χ1) is 14.5. The molecular weight excluding hydrogens is 382 g/mol. The molecule has 0 bridgehead atoms. The van der Waals surface area contributed by atoms with Gasteiger partial charge in [0.2, 0.25) is 5.91 Å². The second kappa shape index (κ2) is 8.95. The van der Waals surface area contributed by atoms with Crippen molar-refractivity contribution in [3.63, 3.8) is 0 Å². The molecule has 8 heteroatoms. The lowest BCUT2D eigenvalue weighted by Gasteiger charge is -2.46. The summed E-state index contributed by atoms with van der Waals surface area (Å²) in [6.45, 7) is 4.97. The van der Waals surface area contributed by atoms with E-state index >= 15 is 0 Å². The quantitative estimate of drug-likeness (QED) is 0.811. The maximum atomic E-state index is 12.6. The third-order valence-electron chi connectivity index (χ3n) is 6.13. The number of pyridine rings is 1. The number of aromatic nitrogens is 3. The fraction of sp³-hybridized carbons (Fsp3) is 0.545. The molecule has 4 heterocycles. The highest BCUT2D eigenvalue weighted by molar-refractivity contribution is 5.92. The van der Waals surface area contributed by atoms with Gasteiger partial charge in [0, 0.05) is 38.6 Å². The first kappa shape index (κ1) is 20.5. The fourth-order valence-corrected chi connectivity index (χ4v) is 4.43. The first-order valence-corrected chi connectivity index (χ1v) is 10.6. The van der Waals surface area contributed by atoms with Crippen LogP contribution in [0.1, 0.15) is 41.7 Å². The predicted octanol–water partition coefficient (Wildman–Crippen LogP) is 1.80. The SMILES string of the molecule is Cc1cnn(CC(=O)N2CCC3(CC2)CC(CNC(=O)c2ccccn2)CCO3)c1. The van der Waals surface area contributed by atoms with Gasteiger partial charge in [-0.1, -0.05) is 6.07 Å². The van der Waals surface area contributed by atoms with Crippen molar-refractivity contribution in [2.24, 2.45) is 5.92 Å². The highest BCUT2D eigenvalue weighted by atomic mass is 16.5. The summed E-state index contributed by atoms with van der Waals surface area (Å²) in [6.07, 6.45) is 8.80. The third kappa shape index (κ3) is 4.87. The summed E-state index contributed by atoms with van der Waals surface area (Å²) in [5.74, 6) is 0.342. The van der Waals surface area contributed by atoms with Crippen LogP contribution in [-0.2, 0) is 16.1 Å². The van der Waals surface area contributed by atoms with E-state index in [-0.39, 0.29) is 24.0 Å². The molecular formula is C22H29N5O3. The normalized spacial score (nSPS) is 20.8. The number of hydrogen-bond acceptors (Lipinski definition) is 5. The maximum Gasteiger partial charge on any atom is 0.269 e. The molecule has 2 saturated heterocycles. The van der Waals surface area contributed by atoms with Gasteiger partial charge < -0.3 is 15.0 Å². The summed E-state index contributed by atoms with van der Waals surface area (Å²) < 4.78 is 7.89. The molecule has 0 radical (unpaired) electrons. The van der Waals surface area contributed by atoms with E-state index < -0.39 is 0 Å². The van der Waals surface area contributed by atoms with Crippen LogP contribution in [0.4, 0.5) is 0 Å². The largest absolute Gasteiger partial charge is 0.375 e. The molecule has 4 rings (SSSR count). The lowest BCUT2D eigenvalue weighted by Crippen LogP contribution is -2.52. The number of aryl methyl sites for hydroxylation is 1. The highest BCUT2D eigenvalue weighted by Crippen LogP contribution is 2.37. The molecule has 2 amide bonds. The lowest BCUT2D eigenvalue weighted by atomic mass is 9.79. The molecule has 0 saturated carbocycles. The van der Waals surface area contributed by atoms with Crippen LogP contribution >= 0.6 is 0 Å². The Morgan fingerprint density at radius 3 is 2.83 bits per heavy atom. The van der Waals surface area contributed by atoms with Crippen molar-refractivity contribution in [2.75, 3.05) is 26.2 Å². The molecule has 2 aromatic rings. The van der Waals surface area contributed by atoms with E-state index in [0.29, 0.717) is 37.9 Å². The van der Waals surface area contributed by atoms with Gasteiger partial charge in [0.25, 0.3) is 5.91 Å². The minimum atomic E-state index is -0.183. The Morgan fingerprint density at radius 1 is 1.30 bits per heavy atom. The number of amides is 2. The summed E-state index contributed by atoms with van der Waals surface area (Å²) in [6, 6.07) is 5.33. The van der Waals surface area contributed by atoms with E-state index in [1.807, 2.05) is 24.1 Å². The van der Waals surface area contributed by atoms with Crippen molar-refractivity contribution in [1.82, 2.24) is 25.0 Å². The number of likely N-dealkylation sites (tertiary alicyclic amines) is 1. The van der Waals surface area contributed by atoms with Gasteiger partial charge in [-0.05, 0) is 56.2 Å². The number of rotatable bonds is 5. The van der Waals surface area contributed by atoms with E-state index in [4.69, 9.17) is 4.74 Å². The van der Waals surface area contributed by atoms with Crippen LogP contribution in [0.2, 0.25) is 0 Å². The zero-order chi connectivity index (χ0) is 21.0. The van der Waals surface area contributed by atoms with Gasteiger partial charge in [-0.2, -0.15) is 5.10 Å². The molecule has 2 aliphatic heterocycles. The van der Waals surface area contributed by atoms with Gasteiger partial charge in [0.1, 0.15) is 12.2 Å². The minimum Gasteiger partial charge on any atom is -0.375 e. The van der Waals surface area contributed by atoms with Crippen LogP contribution in [0.3, 0.4) is 0 Å². The Kier molecular flexibility index (Phi) is 6.13. The van der Waals surface area contributed by atoms with Crippen LogP contribution < -0.4 is 5.32 Å². The number of nitrogens with one attached hydrogen (secondary N) is 1. The highest BCUT2D eigenvalue weighted by Gasteiger charge is 2.41. The van der Waals surface area contributed by atoms with Crippen molar-refractivity contribution in [3.8, 4) is 0 Å². The Hall–Kier alpha value is -2.74. The van der Waals surface area contributed by atoms with Gasteiger partial charge in [0.05, 0.1) is 11.8 Å². The van der Waals surface area contributed by atoms with Crippen LogP contribution in [0.15, 0.2) is 36.8 Å². The van der Waals surface area contributed by atoms with Crippen LogP contribution in [0, 0.1) is 12.8 Å². The topological polar surface area (TPSA) is 89.4 Å². The Morgan fingerprint density at radius 2 is 2.13 bits per heavy atom. The number of carbonyl (C=O) groups excluding carboxylic acids is 2. The Balaban J connectivity index is 1.26. The molecule has 1 atom stereocenters. The molecule has 8 nitrogen and oxygen atoms in total. The van der Waals surface area contributed by atoms with E-state index in [1.165, 1.54) is 0 Å². The van der Waals surface area contributed by atoms with Crippen LogP contribution in [0.5, 0.6) is 0 Å². The maximum absolute atomic E-state index is 12.6. The van der Waals surface area contributed by atoms with Crippen molar-refractivity contribution in [3.05, 3.63) is 48.0 Å². The van der Waals surface area contributed by atoms with Gasteiger partial charge >= 0.3 is 0 Å². The van der Waals surface area contributed by atoms with Crippen LogP contribution in [0.25, 0.3) is 0 Å². The van der Waals surface area contributed by atoms with E-state index in [9.17, 15) is 9.59 Å². The first-order valence-electron chi connectivity index (χ1n) is 10.6. The number of carbonyl (C=O) groups is 2. The van der Waals surface area contributed by atoms with Crippen molar-refractivity contribution in [2.45, 2.75) is 44.8 Å². The molecule has 2 aromatic heterocycles. The molecule has 0 aromatic carbocycles. The standard InChI is InChI=1S/C22H29N5O3/c1-17-13-25-27(15-17)16-20(28)26-9-6-22(7-10-26)12-18(5-11-30-22)14-24-21(29)19-4-2-3-8-23-19/h2-4,8,13,15,18H,5-7,9-12,14,16H2,1H3,(H,24,29). The zero-order valence-electron chi connectivity index (χ0n) is 17.4. The predicted molar refractivity (Wildman–Crippen MR) is 111 cm³/mol. The molecule has 1 unspecified atom stereocenters. The summed E-state index contributed by atoms with van der Waals surface area (Å²) in [7, 11) is 0. The Labute approximate surface area is 176 Å². The second-order valence-corrected chi connectivity index (χ2v) is 8.41. The smallest absolute Gasteiger partial charge is 0.269 e. The monoisotopic (exact) mass is 411 g/mol.